The van der Waals surface area contributed by atoms with E-state index in [4.69, 9.17) is 0 Å². The summed E-state index contributed by atoms with van der Waals surface area (Å²) in [6, 6.07) is 14.9. The molecule has 0 aromatic heterocycles. The van der Waals surface area contributed by atoms with Crippen molar-refractivity contribution >= 4 is 23.7 Å². The molecular formula is C22H26N2O. The first-order chi connectivity index (χ1) is 12.0. The Labute approximate surface area is 150 Å². The lowest BCUT2D eigenvalue weighted by Crippen LogP contribution is -2.15. The van der Waals surface area contributed by atoms with Crippen molar-refractivity contribution in [3.63, 3.8) is 0 Å². The van der Waals surface area contributed by atoms with Crippen LogP contribution in [0.4, 0.5) is 5.69 Å². The summed E-state index contributed by atoms with van der Waals surface area (Å²) in [6.45, 7) is 2.63. The highest BCUT2D eigenvalue weighted by molar-refractivity contribution is 5.89. The summed E-state index contributed by atoms with van der Waals surface area (Å²) >= 11 is 0. The van der Waals surface area contributed by atoms with Crippen molar-refractivity contribution < 1.29 is 4.79 Å². The van der Waals surface area contributed by atoms with Gasteiger partial charge in [0.25, 0.3) is 0 Å². The molecule has 0 saturated carbocycles. The molecule has 1 amide bonds. The zero-order valence-corrected chi connectivity index (χ0v) is 15.3. The molecule has 1 aliphatic rings. The van der Waals surface area contributed by atoms with Crippen molar-refractivity contribution in [2.45, 2.75) is 25.7 Å². The predicted molar refractivity (Wildman–Crippen MR) is 106 cm³/mol. The fourth-order valence-corrected chi connectivity index (χ4v) is 3.56. The summed E-state index contributed by atoms with van der Waals surface area (Å²) in [5, 5.41) is 2.92. The van der Waals surface area contributed by atoms with E-state index in [0.717, 1.165) is 25.1 Å². The molecule has 0 aliphatic heterocycles. The maximum atomic E-state index is 11.4. The zero-order valence-electron chi connectivity index (χ0n) is 15.3. The first-order valence-electron chi connectivity index (χ1n) is 8.88. The molecular weight excluding hydrogens is 308 g/mol. The Balaban J connectivity index is 2.01. The second-order valence-electron chi connectivity index (χ2n) is 6.99. The lowest BCUT2D eigenvalue weighted by molar-refractivity contribution is -0.114. The highest BCUT2D eigenvalue weighted by atomic mass is 16.1. The largest absolute Gasteiger partial charge is 0.326 e. The molecule has 3 nitrogen and oxygen atoms in total. The summed E-state index contributed by atoms with van der Waals surface area (Å²) in [4.78, 5) is 13.7. The average Bonchev–Trinajstić information content (AvgIpc) is 2.72. The summed E-state index contributed by atoms with van der Waals surface area (Å²) in [5.74, 6) is 0.309. The molecule has 3 heteroatoms. The summed E-state index contributed by atoms with van der Waals surface area (Å²) in [7, 11) is 4.23. The molecule has 0 bridgehead atoms. The number of nitrogens with zero attached hydrogens (tertiary/aromatic N) is 1. The lowest BCUT2D eigenvalue weighted by atomic mass is 9.84. The summed E-state index contributed by atoms with van der Waals surface area (Å²) < 4.78 is 0. The van der Waals surface area contributed by atoms with Crippen molar-refractivity contribution in [3.8, 4) is 0 Å². The van der Waals surface area contributed by atoms with Gasteiger partial charge in [-0.2, -0.15) is 0 Å². The fraction of sp³-hybridized carbons (Fsp3) is 0.318. The minimum Gasteiger partial charge on any atom is -0.326 e. The molecule has 1 aliphatic carbocycles. The van der Waals surface area contributed by atoms with Crippen molar-refractivity contribution in [3.05, 3.63) is 64.7 Å². The van der Waals surface area contributed by atoms with Gasteiger partial charge in [0.15, 0.2) is 0 Å². The van der Waals surface area contributed by atoms with E-state index in [1.54, 1.807) is 6.92 Å². The van der Waals surface area contributed by atoms with Gasteiger partial charge in [-0.25, -0.2) is 0 Å². The minimum absolute atomic E-state index is 0.0336. The van der Waals surface area contributed by atoms with Gasteiger partial charge in [-0.05, 0) is 67.9 Å². The average molecular weight is 334 g/mol. The van der Waals surface area contributed by atoms with Crippen LogP contribution in [0.25, 0.3) is 12.2 Å². The summed E-state index contributed by atoms with van der Waals surface area (Å²) in [5.41, 5.74) is 6.06. The third kappa shape index (κ3) is 4.18. The van der Waals surface area contributed by atoms with Crippen LogP contribution in [0.2, 0.25) is 0 Å². The van der Waals surface area contributed by atoms with Crippen molar-refractivity contribution in [1.29, 1.82) is 0 Å². The first kappa shape index (κ1) is 17.4. The normalized spacial score (nSPS) is 15.4. The third-order valence-corrected chi connectivity index (χ3v) is 4.69. The van der Waals surface area contributed by atoms with Crippen molar-refractivity contribution in [2.75, 3.05) is 26.0 Å². The number of anilines is 1. The number of hydrogen-bond donors (Lipinski definition) is 1. The number of rotatable bonds is 5. The first-order valence-corrected chi connectivity index (χ1v) is 8.88. The Morgan fingerprint density at radius 3 is 2.48 bits per heavy atom. The van der Waals surface area contributed by atoms with Crippen LogP contribution in [0.5, 0.6) is 0 Å². The highest BCUT2D eigenvalue weighted by Crippen LogP contribution is 2.38. The van der Waals surface area contributed by atoms with E-state index in [9.17, 15) is 4.79 Å². The van der Waals surface area contributed by atoms with Gasteiger partial charge in [0.1, 0.15) is 0 Å². The second-order valence-corrected chi connectivity index (χ2v) is 6.99. The molecule has 2 aromatic carbocycles. The van der Waals surface area contributed by atoms with Gasteiger partial charge in [-0.3, -0.25) is 4.79 Å². The number of benzene rings is 2. The maximum Gasteiger partial charge on any atom is 0.221 e. The van der Waals surface area contributed by atoms with Crippen molar-refractivity contribution in [2.24, 2.45) is 0 Å². The van der Waals surface area contributed by atoms with Gasteiger partial charge in [0.2, 0.25) is 5.91 Å². The van der Waals surface area contributed by atoms with E-state index in [-0.39, 0.29) is 5.91 Å². The van der Waals surface area contributed by atoms with Gasteiger partial charge in [0, 0.05) is 18.5 Å². The molecule has 1 N–H and O–H groups in total. The SMILES string of the molecule is CC(=O)Nc1ccc2c(c1)C(CCCN(C)C)c1ccccc1C=C2. The molecule has 0 saturated heterocycles. The molecule has 130 valence electrons. The Morgan fingerprint density at radius 2 is 1.76 bits per heavy atom. The van der Waals surface area contributed by atoms with Crippen molar-refractivity contribution in [1.82, 2.24) is 4.90 Å². The third-order valence-electron chi connectivity index (χ3n) is 4.69. The van der Waals surface area contributed by atoms with Gasteiger partial charge in [-0.1, -0.05) is 42.5 Å². The molecule has 2 aromatic rings. The molecule has 3 rings (SSSR count). The molecule has 1 atom stereocenters. The zero-order chi connectivity index (χ0) is 17.8. The van der Waals surface area contributed by atoms with Crippen LogP contribution in [0.15, 0.2) is 42.5 Å². The molecule has 1 unspecified atom stereocenters. The second kappa shape index (κ2) is 7.66. The number of carbonyl (C=O) groups is 1. The van der Waals surface area contributed by atoms with E-state index in [0.29, 0.717) is 5.92 Å². The number of carbonyl (C=O) groups excluding carboxylic acids is 1. The number of amides is 1. The Hall–Kier alpha value is -2.39. The van der Waals surface area contributed by atoms with Crippen LogP contribution in [-0.4, -0.2) is 31.4 Å². The molecule has 0 heterocycles. The summed E-state index contributed by atoms with van der Waals surface area (Å²) in [6.07, 6.45) is 6.62. The molecule has 0 spiro atoms. The molecule has 0 fully saturated rings. The molecule has 0 radical (unpaired) electrons. The quantitative estimate of drug-likeness (QED) is 0.866. The van der Waals surface area contributed by atoms with Gasteiger partial charge in [0.05, 0.1) is 0 Å². The van der Waals surface area contributed by atoms with Crippen LogP contribution < -0.4 is 5.32 Å². The smallest absolute Gasteiger partial charge is 0.221 e. The van der Waals surface area contributed by atoms with E-state index >= 15 is 0 Å². The number of hydrogen-bond acceptors (Lipinski definition) is 2. The monoisotopic (exact) mass is 334 g/mol. The van der Waals surface area contributed by atoms with Gasteiger partial charge in [-0.15, -0.1) is 0 Å². The molecule has 25 heavy (non-hydrogen) atoms. The van der Waals surface area contributed by atoms with Crippen LogP contribution in [0.3, 0.4) is 0 Å². The van der Waals surface area contributed by atoms with E-state index < -0.39 is 0 Å². The standard InChI is InChI=1S/C22H26N2O/c1-16(25)23-19-13-12-18-11-10-17-7-4-5-8-20(17)21(22(18)15-19)9-6-14-24(2)3/h4-5,7-8,10-13,15,21H,6,9,14H2,1-3H3,(H,23,25). The topological polar surface area (TPSA) is 32.3 Å². The Kier molecular flexibility index (Phi) is 5.34. The van der Waals surface area contributed by atoms with Gasteiger partial charge < -0.3 is 10.2 Å². The lowest BCUT2D eigenvalue weighted by Gasteiger charge is -2.22. The van der Waals surface area contributed by atoms with E-state index in [1.807, 2.05) is 6.07 Å². The van der Waals surface area contributed by atoms with Crippen LogP contribution in [0, 0.1) is 0 Å². The Morgan fingerprint density at radius 1 is 1.04 bits per heavy atom. The fourth-order valence-electron chi connectivity index (χ4n) is 3.56. The minimum atomic E-state index is -0.0336. The van der Waals surface area contributed by atoms with Crippen LogP contribution in [0.1, 0.15) is 47.9 Å². The maximum absolute atomic E-state index is 11.4. The highest BCUT2D eigenvalue weighted by Gasteiger charge is 2.21. The Bertz CT molecular complexity index is 792. The predicted octanol–water partition coefficient (Wildman–Crippen LogP) is 4.60. The van der Waals surface area contributed by atoms with Gasteiger partial charge >= 0.3 is 0 Å². The van der Waals surface area contributed by atoms with Crippen LogP contribution >= 0.6 is 0 Å². The van der Waals surface area contributed by atoms with Crippen LogP contribution in [-0.2, 0) is 4.79 Å². The number of nitrogens with one attached hydrogen (secondary N) is 1. The number of fused-ring (bicyclic) bond motifs is 2. The van der Waals surface area contributed by atoms with E-state index in [1.165, 1.54) is 22.3 Å². The van der Waals surface area contributed by atoms with E-state index in [2.05, 4.69) is 72.9 Å².